The van der Waals surface area contributed by atoms with Crippen molar-refractivity contribution >= 4 is 29.0 Å². The summed E-state index contributed by atoms with van der Waals surface area (Å²) in [5.41, 5.74) is 4.03. The van der Waals surface area contributed by atoms with Crippen LogP contribution in [-0.4, -0.2) is 12.5 Å². The predicted molar refractivity (Wildman–Crippen MR) is 123 cm³/mol. The first-order valence-electron chi connectivity index (χ1n) is 10.1. The summed E-state index contributed by atoms with van der Waals surface area (Å²) < 4.78 is 0. The van der Waals surface area contributed by atoms with E-state index in [0.717, 1.165) is 35.5 Å². The number of hydrogen-bond donors (Lipinski definition) is 1. The molecule has 30 heavy (non-hydrogen) atoms. The molecule has 0 spiro atoms. The summed E-state index contributed by atoms with van der Waals surface area (Å²) in [5, 5.41) is 12.2. The smallest absolute Gasteiger partial charge is 0.261 e. The van der Waals surface area contributed by atoms with Crippen LogP contribution in [-0.2, 0) is 4.79 Å². The third kappa shape index (κ3) is 5.36. The molecule has 1 amide bonds. The fourth-order valence-electron chi connectivity index (χ4n) is 3.11. The van der Waals surface area contributed by atoms with E-state index in [9.17, 15) is 10.1 Å². The van der Waals surface area contributed by atoms with E-state index >= 15 is 0 Å². The number of unbranched alkanes of at least 4 members (excludes halogenated alkanes) is 1. The monoisotopic (exact) mass is 395 g/mol. The van der Waals surface area contributed by atoms with Crippen LogP contribution in [0.5, 0.6) is 0 Å². The summed E-state index contributed by atoms with van der Waals surface area (Å²) in [7, 11) is 0. The molecule has 0 aliphatic carbocycles. The van der Waals surface area contributed by atoms with Crippen LogP contribution in [0.25, 0.3) is 6.08 Å². The van der Waals surface area contributed by atoms with Gasteiger partial charge in [-0.2, -0.15) is 5.26 Å². The number of hydrogen-bond acceptors (Lipinski definition) is 3. The zero-order chi connectivity index (χ0) is 21.2. The number of rotatable bonds is 8. The molecule has 3 aromatic carbocycles. The molecule has 4 heteroatoms. The Morgan fingerprint density at radius 2 is 1.43 bits per heavy atom. The molecular weight excluding hydrogens is 370 g/mol. The summed E-state index contributed by atoms with van der Waals surface area (Å²) in [5.74, 6) is -0.328. The molecule has 3 rings (SSSR count). The maximum Gasteiger partial charge on any atom is 0.261 e. The van der Waals surface area contributed by atoms with Crippen molar-refractivity contribution in [2.24, 2.45) is 0 Å². The van der Waals surface area contributed by atoms with Gasteiger partial charge < -0.3 is 10.2 Å². The minimum Gasteiger partial charge on any atom is -0.351 e. The van der Waals surface area contributed by atoms with Gasteiger partial charge in [0.25, 0.3) is 5.91 Å². The number of carbonyl (C=O) groups is 1. The first-order valence-corrected chi connectivity index (χ1v) is 10.1. The normalized spacial score (nSPS) is 10.9. The highest BCUT2D eigenvalue weighted by Crippen LogP contribution is 2.34. The zero-order valence-electron chi connectivity index (χ0n) is 17.1. The van der Waals surface area contributed by atoms with Crippen LogP contribution in [0, 0.1) is 11.3 Å². The predicted octanol–water partition coefficient (Wildman–Crippen LogP) is 5.98. The van der Waals surface area contributed by atoms with Gasteiger partial charge in [-0.1, -0.05) is 61.9 Å². The van der Waals surface area contributed by atoms with E-state index in [2.05, 4.69) is 41.4 Å². The van der Waals surface area contributed by atoms with Crippen molar-refractivity contribution in [2.45, 2.75) is 19.8 Å². The minimum absolute atomic E-state index is 0.113. The number of nitrogens with zero attached hydrogens (tertiary/aromatic N) is 2. The van der Waals surface area contributed by atoms with Crippen LogP contribution in [0.15, 0.2) is 90.5 Å². The van der Waals surface area contributed by atoms with Crippen molar-refractivity contribution < 1.29 is 4.79 Å². The van der Waals surface area contributed by atoms with Crippen LogP contribution in [0.2, 0.25) is 0 Å². The van der Waals surface area contributed by atoms with E-state index in [-0.39, 0.29) is 11.5 Å². The van der Waals surface area contributed by atoms with Crippen molar-refractivity contribution in [3.05, 3.63) is 96.1 Å². The van der Waals surface area contributed by atoms with Crippen LogP contribution in [0.4, 0.5) is 17.1 Å². The van der Waals surface area contributed by atoms with E-state index in [4.69, 9.17) is 0 Å². The second kappa shape index (κ2) is 10.6. The average Bonchev–Trinajstić information content (AvgIpc) is 2.80. The van der Waals surface area contributed by atoms with Gasteiger partial charge in [0.1, 0.15) is 11.6 Å². The Labute approximate surface area is 178 Å². The number of anilines is 3. The standard InChI is InChI=1S/C26H25N3O/c1-2-3-18-28-26(30)22(20-27)19-21-14-16-25(17-15-21)29(23-10-6-4-7-11-23)24-12-8-5-9-13-24/h4-17,19H,2-3,18H2,1H3,(H,28,30)/b22-19+. The maximum atomic E-state index is 12.2. The fourth-order valence-corrected chi connectivity index (χ4v) is 3.11. The van der Waals surface area contributed by atoms with Gasteiger partial charge in [-0.15, -0.1) is 0 Å². The zero-order valence-corrected chi connectivity index (χ0v) is 17.1. The minimum atomic E-state index is -0.328. The van der Waals surface area contributed by atoms with Gasteiger partial charge in [0.2, 0.25) is 0 Å². The van der Waals surface area contributed by atoms with Gasteiger partial charge >= 0.3 is 0 Å². The number of nitriles is 1. The number of carbonyl (C=O) groups excluding carboxylic acids is 1. The fraction of sp³-hybridized carbons (Fsp3) is 0.154. The van der Waals surface area contributed by atoms with E-state index in [1.807, 2.05) is 66.7 Å². The lowest BCUT2D eigenvalue weighted by Crippen LogP contribution is -2.25. The average molecular weight is 396 g/mol. The topological polar surface area (TPSA) is 56.1 Å². The van der Waals surface area contributed by atoms with Crippen LogP contribution in [0.3, 0.4) is 0 Å². The molecule has 0 saturated heterocycles. The number of benzene rings is 3. The number of nitrogens with one attached hydrogen (secondary N) is 1. The highest BCUT2D eigenvalue weighted by atomic mass is 16.1. The SMILES string of the molecule is CCCCNC(=O)/C(C#N)=C/c1ccc(N(c2ccccc2)c2ccccc2)cc1. The molecule has 150 valence electrons. The molecule has 0 bridgehead atoms. The lowest BCUT2D eigenvalue weighted by molar-refractivity contribution is -0.117. The largest absolute Gasteiger partial charge is 0.351 e. The molecule has 0 fully saturated rings. The summed E-state index contributed by atoms with van der Waals surface area (Å²) in [6.45, 7) is 2.64. The quantitative estimate of drug-likeness (QED) is 0.290. The summed E-state index contributed by atoms with van der Waals surface area (Å²) in [6, 6.07) is 30.1. The van der Waals surface area contributed by atoms with Crippen LogP contribution in [0.1, 0.15) is 25.3 Å². The molecule has 0 unspecified atom stereocenters. The van der Waals surface area contributed by atoms with Gasteiger partial charge in [0.05, 0.1) is 0 Å². The molecule has 0 aliphatic heterocycles. The molecule has 0 aromatic heterocycles. The molecular formula is C26H25N3O. The second-order valence-corrected chi connectivity index (χ2v) is 6.88. The maximum absolute atomic E-state index is 12.2. The molecule has 4 nitrogen and oxygen atoms in total. The molecule has 0 radical (unpaired) electrons. The molecule has 3 aromatic rings. The second-order valence-electron chi connectivity index (χ2n) is 6.88. The van der Waals surface area contributed by atoms with Gasteiger partial charge in [0, 0.05) is 23.6 Å². The Morgan fingerprint density at radius 1 is 0.900 bits per heavy atom. The van der Waals surface area contributed by atoms with Crippen molar-refractivity contribution in [3.8, 4) is 6.07 Å². The van der Waals surface area contributed by atoms with Gasteiger partial charge in [-0.25, -0.2) is 0 Å². The first kappa shape index (κ1) is 20.9. The van der Waals surface area contributed by atoms with E-state index in [1.165, 1.54) is 0 Å². The van der Waals surface area contributed by atoms with Gasteiger partial charge in [-0.3, -0.25) is 4.79 Å². The summed E-state index contributed by atoms with van der Waals surface area (Å²) in [6.07, 6.45) is 3.51. The lowest BCUT2D eigenvalue weighted by Gasteiger charge is -2.25. The van der Waals surface area contributed by atoms with Crippen molar-refractivity contribution in [3.63, 3.8) is 0 Å². The van der Waals surface area contributed by atoms with E-state index < -0.39 is 0 Å². The van der Waals surface area contributed by atoms with Crippen LogP contribution < -0.4 is 10.2 Å². The molecule has 0 aliphatic rings. The molecule has 0 heterocycles. The van der Waals surface area contributed by atoms with Gasteiger partial charge in [-0.05, 0) is 54.5 Å². The van der Waals surface area contributed by atoms with E-state index in [0.29, 0.717) is 6.54 Å². The summed E-state index contributed by atoms with van der Waals surface area (Å²) in [4.78, 5) is 14.4. The Morgan fingerprint density at radius 3 is 1.93 bits per heavy atom. The Balaban J connectivity index is 1.87. The Hall–Kier alpha value is -3.84. The molecule has 0 atom stereocenters. The third-order valence-corrected chi connectivity index (χ3v) is 4.67. The lowest BCUT2D eigenvalue weighted by atomic mass is 10.1. The number of para-hydroxylation sites is 2. The Bertz CT molecular complexity index is 980. The first-order chi connectivity index (χ1) is 14.7. The van der Waals surface area contributed by atoms with Gasteiger partial charge in [0.15, 0.2) is 0 Å². The van der Waals surface area contributed by atoms with Crippen LogP contribution >= 0.6 is 0 Å². The highest BCUT2D eigenvalue weighted by Gasteiger charge is 2.12. The van der Waals surface area contributed by atoms with E-state index in [1.54, 1.807) is 6.08 Å². The van der Waals surface area contributed by atoms with Crippen molar-refractivity contribution in [2.75, 3.05) is 11.4 Å². The Kier molecular flexibility index (Phi) is 7.40. The highest BCUT2D eigenvalue weighted by molar-refractivity contribution is 6.01. The van der Waals surface area contributed by atoms with Crippen molar-refractivity contribution in [1.82, 2.24) is 5.32 Å². The number of amides is 1. The molecule has 1 N–H and O–H groups in total. The third-order valence-electron chi connectivity index (χ3n) is 4.67. The summed E-state index contributed by atoms with van der Waals surface area (Å²) >= 11 is 0. The molecule has 0 saturated carbocycles. The van der Waals surface area contributed by atoms with Crippen molar-refractivity contribution in [1.29, 1.82) is 5.26 Å².